The number of nitrogens with zero attached hydrogens (tertiary/aromatic N) is 3. The number of benzene rings is 2. The minimum atomic E-state index is -1.66. The van der Waals surface area contributed by atoms with Gasteiger partial charge in [-0.15, -0.1) is 22.7 Å². The molecule has 0 saturated carbocycles. The van der Waals surface area contributed by atoms with Gasteiger partial charge in [-0.3, -0.25) is 10.1 Å². The molecule has 0 saturated heterocycles. The third-order valence-corrected chi connectivity index (χ3v) is 11.1. The van der Waals surface area contributed by atoms with E-state index in [4.69, 9.17) is 4.74 Å². The number of aliphatic hydroxyl groups is 2. The van der Waals surface area contributed by atoms with Crippen LogP contribution in [-0.4, -0.2) is 60.8 Å². The van der Waals surface area contributed by atoms with Crippen LogP contribution in [0.15, 0.2) is 83.9 Å². The molecule has 0 fully saturated rings. The van der Waals surface area contributed by atoms with E-state index < -0.39 is 36.3 Å². The van der Waals surface area contributed by atoms with Gasteiger partial charge >= 0.3 is 5.97 Å². The Morgan fingerprint density at radius 2 is 1.54 bits per heavy atom. The molecule has 2 aromatic carbocycles. The summed E-state index contributed by atoms with van der Waals surface area (Å²) in [5, 5.41) is 38.8. The molecular formula is C41H49N5O6S2. The van der Waals surface area contributed by atoms with Crippen molar-refractivity contribution in [3.63, 3.8) is 0 Å². The minimum absolute atomic E-state index is 0.109. The van der Waals surface area contributed by atoms with Gasteiger partial charge in [-0.05, 0) is 53.6 Å². The smallest absolute Gasteiger partial charge is 0.329 e. The predicted molar refractivity (Wildman–Crippen MR) is 212 cm³/mol. The second-order valence-corrected chi connectivity index (χ2v) is 16.1. The lowest BCUT2D eigenvalue weighted by Gasteiger charge is -2.25. The lowest BCUT2D eigenvalue weighted by atomic mass is 9.95. The fraction of sp³-hybridized carbons (Fsp3) is 0.390. The van der Waals surface area contributed by atoms with E-state index in [2.05, 4.69) is 53.3 Å². The van der Waals surface area contributed by atoms with Crippen molar-refractivity contribution in [2.45, 2.75) is 96.1 Å². The third-order valence-electron chi connectivity index (χ3n) is 8.95. The average Bonchev–Trinajstić information content (AvgIpc) is 3.90. The molecule has 5 rings (SSSR count). The van der Waals surface area contributed by atoms with Crippen molar-refractivity contribution >= 4 is 34.6 Å². The maximum absolute atomic E-state index is 13.7. The normalized spacial score (nSPS) is 13.9. The van der Waals surface area contributed by atoms with Gasteiger partial charge in [0.15, 0.2) is 11.9 Å². The lowest BCUT2D eigenvalue weighted by molar-refractivity contribution is -0.145. The fourth-order valence-corrected chi connectivity index (χ4v) is 7.36. The summed E-state index contributed by atoms with van der Waals surface area (Å²) >= 11 is 2.63. The van der Waals surface area contributed by atoms with Crippen molar-refractivity contribution in [2.75, 3.05) is 6.61 Å². The number of carboxylic acids is 1. The number of nitrogens with one attached hydrogen (secondary N) is 2. The zero-order chi connectivity index (χ0) is 38.7. The summed E-state index contributed by atoms with van der Waals surface area (Å²) in [6, 6.07) is 16.3. The van der Waals surface area contributed by atoms with Gasteiger partial charge in [0.25, 0.3) is 0 Å². The average molecular weight is 772 g/mol. The second kappa shape index (κ2) is 19.2. The Labute approximate surface area is 324 Å². The van der Waals surface area contributed by atoms with Crippen LogP contribution in [-0.2, 0) is 21.4 Å². The number of amides is 1. The molecule has 11 nitrogen and oxygen atoms in total. The van der Waals surface area contributed by atoms with Crippen molar-refractivity contribution in [2.24, 2.45) is 0 Å². The highest BCUT2D eigenvalue weighted by Gasteiger charge is 2.34. The number of hydrogen-bond donors (Lipinski definition) is 5. The number of thiophene rings is 1. The van der Waals surface area contributed by atoms with Gasteiger partial charge in [-0.2, -0.15) is 0 Å². The van der Waals surface area contributed by atoms with E-state index in [0.717, 1.165) is 39.3 Å². The topological polar surface area (TPSA) is 167 Å². The first-order valence-corrected chi connectivity index (χ1v) is 20.0. The van der Waals surface area contributed by atoms with E-state index in [1.54, 1.807) is 12.4 Å². The maximum Gasteiger partial charge on any atom is 0.329 e. The molecule has 0 aliphatic heterocycles. The monoisotopic (exact) mass is 771 g/mol. The fourth-order valence-electron chi connectivity index (χ4n) is 5.76. The Hall–Kier alpha value is -4.53. The molecule has 0 radical (unpaired) electrons. The third kappa shape index (κ3) is 11.2. The van der Waals surface area contributed by atoms with Crippen LogP contribution in [0.2, 0.25) is 0 Å². The highest BCUT2D eigenvalue weighted by Crippen LogP contribution is 2.32. The highest BCUT2D eigenvalue weighted by atomic mass is 32.1. The molecule has 3 unspecified atom stereocenters. The van der Waals surface area contributed by atoms with E-state index >= 15 is 0 Å². The van der Waals surface area contributed by atoms with E-state index in [0.29, 0.717) is 17.3 Å². The molecule has 286 valence electrons. The number of carboxylic acid groups (broad SMARTS) is 1. The summed E-state index contributed by atoms with van der Waals surface area (Å²) in [5.74, 6) is -0.745. The number of aromatic nitrogens is 3. The molecule has 0 spiro atoms. The maximum atomic E-state index is 13.7. The lowest BCUT2D eigenvalue weighted by Crippen LogP contribution is -2.53. The van der Waals surface area contributed by atoms with Gasteiger partial charge in [0.05, 0.1) is 23.9 Å². The Bertz CT molecular complexity index is 1910. The van der Waals surface area contributed by atoms with Crippen LogP contribution in [0.4, 0.5) is 0 Å². The number of thiazole rings is 1. The molecule has 3 heterocycles. The molecule has 3 aromatic heterocycles. The van der Waals surface area contributed by atoms with Crippen LogP contribution in [0.5, 0.6) is 5.75 Å². The predicted octanol–water partition coefficient (Wildman–Crippen LogP) is 7.47. The number of rotatable bonds is 19. The largest absolute Gasteiger partial charge is 0.494 e. The summed E-state index contributed by atoms with van der Waals surface area (Å²) in [4.78, 5) is 40.8. The molecule has 0 aliphatic rings. The van der Waals surface area contributed by atoms with Gasteiger partial charge in [-0.1, -0.05) is 89.8 Å². The van der Waals surface area contributed by atoms with Crippen molar-refractivity contribution in [3.05, 3.63) is 105 Å². The summed E-state index contributed by atoms with van der Waals surface area (Å²) in [5.41, 5.74) is 4.86. The number of unbranched alkanes of at least 4 members (excludes halogenated alkanes) is 4. The van der Waals surface area contributed by atoms with Crippen LogP contribution in [0.3, 0.4) is 0 Å². The zero-order valence-electron chi connectivity index (χ0n) is 31.1. The number of hydrogen-bond acceptors (Lipinski definition) is 11. The molecule has 0 bridgehead atoms. The number of ether oxygens (including phenoxy) is 1. The van der Waals surface area contributed by atoms with Crippen LogP contribution in [0.1, 0.15) is 93.1 Å². The zero-order valence-corrected chi connectivity index (χ0v) is 32.7. The Kier molecular flexibility index (Phi) is 14.4. The van der Waals surface area contributed by atoms with Gasteiger partial charge in [0, 0.05) is 38.7 Å². The number of aliphatic hydroxyl groups excluding tert-OH is 2. The second-order valence-electron chi connectivity index (χ2n) is 14.2. The SMILES string of the molecule is CCCCCCCOc1ccc(-c2cnc(-c3ccc(C[C@H](NC(O)c4ccc(C(C)(C)C)s4)C(=O)NC(C(=O)O)C(O)c4cscn4)cc3)nc2)cc1. The minimum Gasteiger partial charge on any atom is -0.494 e. The standard InChI is InChI=1S/C41H49N5O6S2/c1-5-6-7-8-9-20-52-30-16-14-27(15-17-30)29-22-42-37(43-23-29)28-12-10-26(11-13-28)21-31(45-39(49)33-18-19-34(54-33)41(2,3)4)38(48)46-35(40(50)51)36(47)32-24-53-25-44-32/h10-19,22-25,31,35-36,39,45,47,49H,5-9,20-21H2,1-4H3,(H,46,48)(H,50,51)/t31-,35?,36?,39?/m0/s1. The molecule has 13 heteroatoms. The molecule has 5 aromatic rings. The van der Waals surface area contributed by atoms with Gasteiger partial charge < -0.3 is 25.4 Å². The molecule has 5 N–H and O–H groups in total. The highest BCUT2D eigenvalue weighted by molar-refractivity contribution is 7.12. The first-order chi connectivity index (χ1) is 25.9. The van der Waals surface area contributed by atoms with Crippen molar-refractivity contribution in [1.29, 1.82) is 0 Å². The van der Waals surface area contributed by atoms with Crippen molar-refractivity contribution in [1.82, 2.24) is 25.6 Å². The van der Waals surface area contributed by atoms with E-state index in [1.807, 2.05) is 60.7 Å². The van der Waals surface area contributed by atoms with Gasteiger partial charge in [-0.25, -0.2) is 19.7 Å². The Morgan fingerprint density at radius 1 is 0.852 bits per heavy atom. The Balaban J connectivity index is 1.26. The number of carbonyl (C=O) groups excluding carboxylic acids is 1. The molecule has 1 amide bonds. The Morgan fingerprint density at radius 3 is 2.15 bits per heavy atom. The summed E-state index contributed by atoms with van der Waals surface area (Å²) in [7, 11) is 0. The van der Waals surface area contributed by atoms with Gasteiger partial charge in [0.1, 0.15) is 18.1 Å². The van der Waals surface area contributed by atoms with Crippen LogP contribution >= 0.6 is 22.7 Å². The van der Waals surface area contributed by atoms with Crippen LogP contribution in [0, 0.1) is 0 Å². The number of carbonyl (C=O) groups is 2. The van der Waals surface area contributed by atoms with Crippen LogP contribution in [0.25, 0.3) is 22.5 Å². The van der Waals surface area contributed by atoms with Crippen molar-refractivity contribution < 1.29 is 29.6 Å². The first-order valence-electron chi connectivity index (χ1n) is 18.2. The van der Waals surface area contributed by atoms with Crippen molar-refractivity contribution in [3.8, 4) is 28.3 Å². The molecule has 0 aliphatic carbocycles. The summed E-state index contributed by atoms with van der Waals surface area (Å²) < 4.78 is 5.90. The van der Waals surface area contributed by atoms with Crippen LogP contribution < -0.4 is 15.4 Å². The molecule has 4 atom stereocenters. The summed E-state index contributed by atoms with van der Waals surface area (Å²) in [6.45, 7) is 9.15. The van der Waals surface area contributed by atoms with Gasteiger partial charge in [0.2, 0.25) is 5.91 Å². The quantitative estimate of drug-likeness (QED) is 0.0420. The molecule has 54 heavy (non-hydrogen) atoms. The van der Waals surface area contributed by atoms with E-state index in [-0.39, 0.29) is 17.5 Å². The first kappa shape index (κ1) is 40.7. The summed E-state index contributed by atoms with van der Waals surface area (Å²) in [6.07, 6.45) is 6.86. The molecular weight excluding hydrogens is 723 g/mol. The van der Waals surface area contributed by atoms with E-state index in [9.17, 15) is 24.9 Å². The number of aliphatic carboxylic acids is 1. The van der Waals surface area contributed by atoms with E-state index in [1.165, 1.54) is 59.2 Å².